The number of carbonyl (C=O) groups is 1. The zero-order valence-corrected chi connectivity index (χ0v) is 10.6. The highest BCUT2D eigenvalue weighted by molar-refractivity contribution is 5.81. The summed E-state index contributed by atoms with van der Waals surface area (Å²) in [6.45, 7) is 0. The topological polar surface area (TPSA) is 87.0 Å². The third-order valence-corrected chi connectivity index (χ3v) is 2.69. The molecule has 5 nitrogen and oxygen atoms in total. The predicted octanol–water partition coefficient (Wildman–Crippen LogP) is 0.561. The van der Waals surface area contributed by atoms with Gasteiger partial charge in [0, 0.05) is 6.08 Å². The fourth-order valence-corrected chi connectivity index (χ4v) is 1.57. The molecule has 0 heterocycles. The number of rotatable bonds is 6. The molecule has 0 amide bonds. The molecule has 0 aliphatic carbocycles. The Kier molecular flexibility index (Phi) is 6.21. The van der Waals surface area contributed by atoms with Crippen LogP contribution in [0.2, 0.25) is 0 Å². The van der Waals surface area contributed by atoms with Crippen molar-refractivity contribution in [1.29, 1.82) is 0 Å². The van der Waals surface area contributed by atoms with Crippen molar-refractivity contribution in [3.05, 3.63) is 48.0 Å². The van der Waals surface area contributed by atoms with Crippen LogP contribution in [-0.2, 0) is 9.53 Å². The maximum Gasteiger partial charge on any atom is 0.330 e. The van der Waals surface area contributed by atoms with Gasteiger partial charge in [0.05, 0.1) is 13.2 Å². The molecule has 3 N–H and O–H groups in total. The molecule has 0 saturated carbocycles. The summed E-state index contributed by atoms with van der Waals surface area (Å²) in [5.41, 5.74) is 0.519. The Balaban J connectivity index is 2.55. The van der Waals surface area contributed by atoms with Crippen molar-refractivity contribution >= 4 is 5.97 Å². The molecule has 3 atom stereocenters. The van der Waals surface area contributed by atoms with Crippen molar-refractivity contribution in [3.8, 4) is 0 Å². The van der Waals surface area contributed by atoms with Crippen molar-refractivity contribution in [2.75, 3.05) is 7.11 Å². The van der Waals surface area contributed by atoms with Crippen molar-refractivity contribution in [1.82, 2.24) is 0 Å². The van der Waals surface area contributed by atoms with Gasteiger partial charge in [0.2, 0.25) is 0 Å². The van der Waals surface area contributed by atoms with Crippen molar-refractivity contribution in [2.24, 2.45) is 0 Å². The lowest BCUT2D eigenvalue weighted by atomic mass is 9.99. The van der Waals surface area contributed by atoms with E-state index in [-0.39, 0.29) is 6.42 Å². The maximum absolute atomic E-state index is 10.8. The lowest BCUT2D eigenvalue weighted by molar-refractivity contribution is -0.134. The minimum absolute atomic E-state index is 0.0418. The number of hydrogen-bond acceptors (Lipinski definition) is 5. The number of methoxy groups -OCH3 is 1. The van der Waals surface area contributed by atoms with Gasteiger partial charge in [0.1, 0.15) is 12.2 Å². The molecule has 0 spiro atoms. The van der Waals surface area contributed by atoms with Gasteiger partial charge in [-0.1, -0.05) is 36.4 Å². The second kappa shape index (κ2) is 7.68. The van der Waals surface area contributed by atoms with Crippen molar-refractivity contribution in [3.63, 3.8) is 0 Å². The van der Waals surface area contributed by atoms with Crippen LogP contribution in [-0.4, -0.2) is 40.6 Å². The first kappa shape index (κ1) is 15.4. The highest BCUT2D eigenvalue weighted by Crippen LogP contribution is 2.20. The molecule has 1 aromatic rings. The average molecular weight is 266 g/mol. The van der Waals surface area contributed by atoms with Crippen LogP contribution in [0.4, 0.5) is 0 Å². The molecule has 0 bridgehead atoms. The van der Waals surface area contributed by atoms with Crippen molar-refractivity contribution in [2.45, 2.75) is 24.7 Å². The van der Waals surface area contributed by atoms with Gasteiger partial charge in [-0.05, 0) is 12.0 Å². The normalized spacial score (nSPS) is 16.0. The molecule has 0 aromatic heterocycles. The standard InChI is InChI=1S/C14H18O5/c1-19-12(16)9-5-8-11(15)14(18)13(17)10-6-3-2-4-7-10/h2-7,9,11,13-15,17-18H,8H2,1H3/b9-5-/t11-,13-,14+/m1/s1. The molecule has 0 saturated heterocycles. The van der Waals surface area contributed by atoms with E-state index >= 15 is 0 Å². The fourth-order valence-electron chi connectivity index (χ4n) is 1.57. The summed E-state index contributed by atoms with van der Waals surface area (Å²) in [4.78, 5) is 10.8. The van der Waals surface area contributed by atoms with Crippen LogP contribution in [0.3, 0.4) is 0 Å². The smallest absolute Gasteiger partial charge is 0.330 e. The van der Waals surface area contributed by atoms with Crippen LogP contribution in [0.25, 0.3) is 0 Å². The summed E-state index contributed by atoms with van der Waals surface area (Å²) in [6, 6.07) is 8.57. The first-order valence-electron chi connectivity index (χ1n) is 5.90. The van der Waals surface area contributed by atoms with E-state index in [4.69, 9.17) is 0 Å². The molecule has 0 aliphatic heterocycles. The number of aliphatic hydroxyl groups is 3. The largest absolute Gasteiger partial charge is 0.466 e. The number of carbonyl (C=O) groups excluding carboxylic acids is 1. The summed E-state index contributed by atoms with van der Waals surface area (Å²) in [5, 5.41) is 29.4. The number of esters is 1. The summed E-state index contributed by atoms with van der Waals surface area (Å²) in [7, 11) is 1.25. The first-order valence-corrected chi connectivity index (χ1v) is 5.90. The van der Waals surface area contributed by atoms with Crippen LogP contribution >= 0.6 is 0 Å². The quantitative estimate of drug-likeness (QED) is 0.517. The minimum atomic E-state index is -1.33. The average Bonchev–Trinajstić information content (AvgIpc) is 2.46. The number of hydrogen-bond donors (Lipinski definition) is 3. The predicted molar refractivity (Wildman–Crippen MR) is 69.2 cm³/mol. The molecule has 5 heteroatoms. The Morgan fingerprint density at radius 3 is 2.47 bits per heavy atom. The summed E-state index contributed by atoms with van der Waals surface area (Å²) in [6.07, 6.45) is -1.09. The molecule has 0 fully saturated rings. The van der Waals surface area contributed by atoms with Gasteiger partial charge in [-0.25, -0.2) is 4.79 Å². The number of aliphatic hydroxyl groups excluding tert-OH is 3. The van der Waals surface area contributed by atoms with E-state index in [0.29, 0.717) is 5.56 Å². The highest BCUT2D eigenvalue weighted by atomic mass is 16.5. The number of ether oxygens (including phenoxy) is 1. The Morgan fingerprint density at radius 2 is 1.89 bits per heavy atom. The SMILES string of the molecule is COC(=O)/C=C\C[C@@H](O)[C@H](O)[C@H](O)c1ccccc1. The lowest BCUT2D eigenvalue weighted by Crippen LogP contribution is -2.31. The third kappa shape index (κ3) is 4.82. The monoisotopic (exact) mass is 266 g/mol. The Labute approximate surface area is 111 Å². The van der Waals surface area contributed by atoms with E-state index in [0.717, 1.165) is 6.08 Å². The molecule has 1 aromatic carbocycles. The van der Waals surface area contributed by atoms with E-state index < -0.39 is 24.3 Å². The van der Waals surface area contributed by atoms with Gasteiger partial charge in [-0.3, -0.25) is 0 Å². The van der Waals surface area contributed by atoms with Crippen LogP contribution in [0.1, 0.15) is 18.1 Å². The Morgan fingerprint density at radius 1 is 1.26 bits per heavy atom. The maximum atomic E-state index is 10.8. The molecule has 104 valence electrons. The van der Waals surface area contributed by atoms with E-state index in [1.54, 1.807) is 30.3 Å². The van der Waals surface area contributed by atoms with Gasteiger partial charge in [0.25, 0.3) is 0 Å². The summed E-state index contributed by atoms with van der Waals surface area (Å²) in [5.74, 6) is -0.537. The van der Waals surface area contributed by atoms with Gasteiger partial charge in [-0.15, -0.1) is 0 Å². The van der Waals surface area contributed by atoms with Crippen LogP contribution in [0.5, 0.6) is 0 Å². The molecule has 0 radical (unpaired) electrons. The van der Waals surface area contributed by atoms with Crippen molar-refractivity contribution < 1.29 is 24.9 Å². The third-order valence-electron chi connectivity index (χ3n) is 2.69. The number of benzene rings is 1. The summed E-state index contributed by atoms with van der Waals surface area (Å²) < 4.78 is 4.39. The minimum Gasteiger partial charge on any atom is -0.466 e. The molecule has 0 aliphatic rings. The van der Waals surface area contributed by atoms with Gasteiger partial charge in [0.15, 0.2) is 0 Å². The highest BCUT2D eigenvalue weighted by Gasteiger charge is 2.24. The van der Waals surface area contributed by atoms with E-state index in [1.165, 1.54) is 13.2 Å². The summed E-state index contributed by atoms with van der Waals surface area (Å²) >= 11 is 0. The first-order chi connectivity index (χ1) is 9.06. The second-order valence-corrected chi connectivity index (χ2v) is 4.07. The lowest BCUT2D eigenvalue weighted by Gasteiger charge is -2.22. The Bertz CT molecular complexity index is 415. The molecule has 1 rings (SSSR count). The molecular formula is C14H18O5. The molecular weight excluding hydrogens is 248 g/mol. The zero-order chi connectivity index (χ0) is 14.3. The van der Waals surface area contributed by atoms with E-state index in [9.17, 15) is 20.1 Å². The van der Waals surface area contributed by atoms with Gasteiger partial charge >= 0.3 is 5.97 Å². The fraction of sp³-hybridized carbons (Fsp3) is 0.357. The van der Waals surface area contributed by atoms with E-state index in [1.807, 2.05) is 0 Å². The van der Waals surface area contributed by atoms with Gasteiger partial charge < -0.3 is 20.1 Å². The zero-order valence-electron chi connectivity index (χ0n) is 10.6. The molecule has 19 heavy (non-hydrogen) atoms. The van der Waals surface area contributed by atoms with Crippen LogP contribution in [0, 0.1) is 0 Å². The molecule has 0 unspecified atom stereocenters. The van der Waals surface area contributed by atoms with Gasteiger partial charge in [-0.2, -0.15) is 0 Å². The Hall–Kier alpha value is -1.69. The second-order valence-electron chi connectivity index (χ2n) is 4.07. The van der Waals surface area contributed by atoms with Crippen LogP contribution in [0.15, 0.2) is 42.5 Å². The van der Waals surface area contributed by atoms with E-state index in [2.05, 4.69) is 4.74 Å². The van der Waals surface area contributed by atoms with Crippen LogP contribution < -0.4 is 0 Å².